The third kappa shape index (κ3) is 5.40. The van der Waals surface area contributed by atoms with E-state index in [0.29, 0.717) is 24.3 Å². The summed E-state index contributed by atoms with van der Waals surface area (Å²) in [5, 5.41) is 2.48. The topological polar surface area (TPSA) is 111 Å². The van der Waals surface area contributed by atoms with Crippen molar-refractivity contribution in [1.29, 1.82) is 0 Å². The molecule has 0 unspecified atom stereocenters. The molecule has 0 saturated carbocycles. The van der Waals surface area contributed by atoms with Gasteiger partial charge in [-0.25, -0.2) is 8.42 Å². The van der Waals surface area contributed by atoms with Gasteiger partial charge in [0.05, 0.1) is 12.7 Å². The summed E-state index contributed by atoms with van der Waals surface area (Å²) in [6.07, 6.45) is 0.481. The number of sulfonamides is 1. The van der Waals surface area contributed by atoms with Crippen LogP contribution in [-0.4, -0.2) is 33.1 Å². The summed E-state index contributed by atoms with van der Waals surface area (Å²) in [6.45, 7) is 0.344. The Morgan fingerprint density at radius 3 is 2.73 bits per heavy atom. The molecule has 0 saturated heterocycles. The van der Waals surface area contributed by atoms with Crippen LogP contribution in [0.15, 0.2) is 39.0 Å². The van der Waals surface area contributed by atoms with Crippen LogP contribution in [0.1, 0.15) is 15.2 Å². The molecule has 1 aromatic carbocycles. The Morgan fingerprint density at radius 2 is 2.08 bits per heavy atom. The van der Waals surface area contributed by atoms with E-state index in [9.17, 15) is 13.2 Å². The van der Waals surface area contributed by atoms with Crippen LogP contribution >= 0.6 is 39.5 Å². The molecule has 0 aliphatic heterocycles. The zero-order valence-electron chi connectivity index (χ0n) is 13.6. The van der Waals surface area contributed by atoms with Crippen molar-refractivity contribution in [3.05, 3.63) is 45.2 Å². The molecule has 0 radical (unpaired) electrons. The van der Waals surface area contributed by atoms with Crippen LogP contribution in [0.25, 0.3) is 0 Å². The minimum atomic E-state index is -3.74. The molecule has 4 N–H and O–H groups in total. The Kier molecular flexibility index (Phi) is 6.98. The average Bonchev–Trinajstić information content (AvgIpc) is 3.03. The predicted octanol–water partition coefficient (Wildman–Crippen LogP) is 2.01. The van der Waals surface area contributed by atoms with Crippen LogP contribution in [0.4, 0.5) is 0 Å². The Bertz CT molecular complexity index is 928. The van der Waals surface area contributed by atoms with Crippen molar-refractivity contribution in [2.45, 2.75) is 10.6 Å². The number of thiocarbonyl (C=S) groups is 1. The van der Waals surface area contributed by atoms with Crippen molar-refractivity contribution in [1.82, 2.24) is 10.0 Å². The highest BCUT2D eigenvalue weighted by molar-refractivity contribution is 9.10. The van der Waals surface area contributed by atoms with E-state index < -0.39 is 10.0 Å². The molecule has 0 atom stereocenters. The molecule has 7 nitrogen and oxygen atoms in total. The van der Waals surface area contributed by atoms with Crippen molar-refractivity contribution in [2.75, 3.05) is 13.7 Å². The van der Waals surface area contributed by atoms with Crippen LogP contribution in [0.2, 0.25) is 0 Å². The number of halogens is 1. The van der Waals surface area contributed by atoms with Crippen LogP contribution in [0.3, 0.4) is 0 Å². The number of hydrogen-bond donors (Lipinski definition) is 3. The van der Waals surface area contributed by atoms with Gasteiger partial charge in [-0.05, 0) is 49.0 Å². The van der Waals surface area contributed by atoms with E-state index in [0.717, 1.165) is 20.7 Å². The number of nitrogens with one attached hydrogen (secondary N) is 2. The molecule has 1 heterocycles. The van der Waals surface area contributed by atoms with E-state index in [2.05, 4.69) is 38.2 Å². The maximum absolute atomic E-state index is 12.3. The first-order chi connectivity index (χ1) is 12.2. The van der Waals surface area contributed by atoms with Gasteiger partial charge in [-0.15, -0.1) is 11.3 Å². The summed E-state index contributed by atoms with van der Waals surface area (Å²) in [5.41, 5.74) is 5.62. The quantitative estimate of drug-likeness (QED) is 0.526. The number of thiophene rings is 1. The molecule has 0 bridgehead atoms. The fourth-order valence-corrected chi connectivity index (χ4v) is 4.99. The highest BCUT2D eigenvalue weighted by atomic mass is 79.9. The number of ether oxygens (including phenoxy) is 1. The maximum atomic E-state index is 12.3. The van der Waals surface area contributed by atoms with Gasteiger partial charge in [0.25, 0.3) is 15.9 Å². The second-order valence-corrected chi connectivity index (χ2v) is 9.47. The highest BCUT2D eigenvalue weighted by Crippen LogP contribution is 2.23. The Balaban J connectivity index is 1.98. The summed E-state index contributed by atoms with van der Waals surface area (Å²) < 4.78 is 32.1. The second-order valence-electron chi connectivity index (χ2n) is 5.04. The van der Waals surface area contributed by atoms with E-state index in [-0.39, 0.29) is 15.2 Å². The molecule has 11 heteroatoms. The van der Waals surface area contributed by atoms with E-state index in [1.807, 2.05) is 0 Å². The molecular formula is C15H16BrN3O4S3. The van der Waals surface area contributed by atoms with Crippen LogP contribution in [0, 0.1) is 0 Å². The Hall–Kier alpha value is -1.69. The van der Waals surface area contributed by atoms with Gasteiger partial charge in [-0.2, -0.15) is 0 Å². The van der Waals surface area contributed by atoms with E-state index >= 15 is 0 Å². The minimum Gasteiger partial charge on any atom is -0.496 e. The molecule has 0 aliphatic rings. The summed E-state index contributed by atoms with van der Waals surface area (Å²) in [4.78, 5) is 13.1. The SMILES string of the molecule is COc1ccc(Br)cc1C(=O)NCCc1ccc(S(=O)(=O)NC(N)=S)s1. The zero-order valence-corrected chi connectivity index (χ0v) is 17.6. The monoisotopic (exact) mass is 477 g/mol. The smallest absolute Gasteiger partial charge is 0.273 e. The lowest BCUT2D eigenvalue weighted by atomic mass is 10.2. The second kappa shape index (κ2) is 8.80. The van der Waals surface area contributed by atoms with Gasteiger partial charge in [0.15, 0.2) is 5.11 Å². The highest BCUT2D eigenvalue weighted by Gasteiger charge is 2.17. The van der Waals surface area contributed by atoms with Gasteiger partial charge in [0.1, 0.15) is 9.96 Å². The molecule has 0 fully saturated rings. The number of amides is 1. The molecule has 2 aromatic rings. The molecule has 0 aliphatic carbocycles. The lowest BCUT2D eigenvalue weighted by Gasteiger charge is -2.09. The first-order valence-electron chi connectivity index (χ1n) is 7.25. The fourth-order valence-electron chi connectivity index (χ4n) is 2.07. The molecule has 0 spiro atoms. The van der Waals surface area contributed by atoms with Crippen molar-refractivity contribution in [3.63, 3.8) is 0 Å². The standard InChI is InChI=1S/C15H16BrN3O4S3/c1-23-12-4-2-9(16)8-11(12)14(20)18-7-6-10-3-5-13(25-10)26(21,22)19-15(17)24/h2-5,8H,6-7H2,1H3,(H,18,20)(H3,17,19,24). The molecule has 26 heavy (non-hydrogen) atoms. The number of benzene rings is 1. The van der Waals surface area contributed by atoms with Gasteiger partial charge in [-0.3, -0.25) is 9.52 Å². The lowest BCUT2D eigenvalue weighted by molar-refractivity contribution is 0.0951. The predicted molar refractivity (Wildman–Crippen MR) is 108 cm³/mol. The molecule has 1 amide bonds. The van der Waals surface area contributed by atoms with E-state index in [4.69, 9.17) is 10.5 Å². The fraction of sp³-hybridized carbons (Fsp3) is 0.200. The number of methoxy groups -OCH3 is 1. The van der Waals surface area contributed by atoms with Crippen molar-refractivity contribution < 1.29 is 17.9 Å². The Morgan fingerprint density at radius 1 is 1.35 bits per heavy atom. The summed E-state index contributed by atoms with van der Waals surface area (Å²) in [6, 6.07) is 8.31. The van der Waals surface area contributed by atoms with Gasteiger partial charge < -0.3 is 15.8 Å². The van der Waals surface area contributed by atoms with Crippen LogP contribution in [0.5, 0.6) is 5.75 Å². The van der Waals surface area contributed by atoms with Crippen LogP contribution < -0.4 is 20.5 Å². The number of nitrogens with two attached hydrogens (primary N) is 1. The molecule has 140 valence electrons. The van der Waals surface area contributed by atoms with Gasteiger partial charge in [0, 0.05) is 15.9 Å². The number of carbonyl (C=O) groups is 1. The van der Waals surface area contributed by atoms with Crippen molar-refractivity contribution >= 4 is 60.5 Å². The van der Waals surface area contributed by atoms with Gasteiger partial charge in [0.2, 0.25) is 0 Å². The molecule has 1 aromatic heterocycles. The van der Waals surface area contributed by atoms with E-state index in [1.165, 1.54) is 13.2 Å². The largest absolute Gasteiger partial charge is 0.496 e. The summed E-state index contributed by atoms with van der Waals surface area (Å²) in [5.74, 6) is 0.196. The van der Waals surface area contributed by atoms with E-state index in [1.54, 1.807) is 24.3 Å². The van der Waals surface area contributed by atoms with Crippen LogP contribution in [-0.2, 0) is 16.4 Å². The number of rotatable bonds is 7. The minimum absolute atomic E-state index is 0.111. The molecule has 2 rings (SSSR count). The maximum Gasteiger partial charge on any atom is 0.273 e. The average molecular weight is 478 g/mol. The molecular weight excluding hydrogens is 462 g/mol. The first kappa shape index (κ1) is 20.6. The zero-order chi connectivity index (χ0) is 19.3. The summed E-state index contributed by atoms with van der Waals surface area (Å²) >= 11 is 8.97. The Labute approximate surface area is 169 Å². The van der Waals surface area contributed by atoms with Gasteiger partial charge >= 0.3 is 0 Å². The first-order valence-corrected chi connectivity index (χ1v) is 10.8. The number of carbonyl (C=O) groups excluding carboxylic acids is 1. The lowest BCUT2D eigenvalue weighted by Crippen LogP contribution is -2.34. The van der Waals surface area contributed by atoms with Crippen molar-refractivity contribution in [2.24, 2.45) is 5.73 Å². The number of hydrogen-bond acceptors (Lipinski definition) is 6. The summed E-state index contributed by atoms with van der Waals surface area (Å²) in [7, 11) is -2.25. The third-order valence-corrected chi connectivity index (χ3v) is 6.93. The van der Waals surface area contributed by atoms with Gasteiger partial charge in [-0.1, -0.05) is 15.9 Å². The van der Waals surface area contributed by atoms with Crippen molar-refractivity contribution in [3.8, 4) is 5.75 Å². The normalized spacial score (nSPS) is 11.0. The third-order valence-electron chi connectivity index (χ3n) is 3.20.